The normalized spacial score (nSPS) is 9.92. The summed E-state index contributed by atoms with van der Waals surface area (Å²) in [6.45, 7) is 0. The summed E-state index contributed by atoms with van der Waals surface area (Å²) in [7, 11) is 3.00. The van der Waals surface area contributed by atoms with Gasteiger partial charge in [0.1, 0.15) is 0 Å². The third-order valence-corrected chi connectivity index (χ3v) is 4.21. The maximum absolute atomic E-state index is 13.2. The minimum absolute atomic E-state index is 0.167. The van der Waals surface area contributed by atoms with E-state index in [0.717, 1.165) is 18.2 Å². The lowest BCUT2D eigenvalue weighted by Crippen LogP contribution is -2.25. The Hall–Kier alpha value is -1.35. The number of ether oxygens (including phenoxy) is 1. The molecule has 25 heavy (non-hydrogen) atoms. The summed E-state index contributed by atoms with van der Waals surface area (Å²) in [5, 5.41) is 9.10. The van der Waals surface area contributed by atoms with E-state index in [1.807, 2.05) is 0 Å². The third-order valence-electron chi connectivity index (χ3n) is 2.58. The molecule has 0 aliphatic heterocycles. The fourth-order valence-electron chi connectivity index (χ4n) is 1.31. The number of hydrogen-bond donors (Lipinski definition) is 3. The Bertz CT molecular complexity index is 742. The summed E-state index contributed by atoms with van der Waals surface area (Å²) >= 11 is 18.9. The molecule has 0 heterocycles. The van der Waals surface area contributed by atoms with E-state index < -0.39 is 23.5 Å². The van der Waals surface area contributed by atoms with Crippen molar-refractivity contribution in [3.8, 4) is 11.5 Å². The number of thiol groups is 2. The number of carbonyl (C=O) groups is 1. The zero-order valence-corrected chi connectivity index (χ0v) is 16.2. The van der Waals surface area contributed by atoms with Crippen LogP contribution in [-0.4, -0.2) is 30.2 Å². The van der Waals surface area contributed by atoms with Gasteiger partial charge in [0.2, 0.25) is 0 Å². The van der Waals surface area contributed by atoms with Gasteiger partial charge in [0, 0.05) is 23.9 Å². The summed E-state index contributed by atoms with van der Waals surface area (Å²) < 4.78 is 30.4. The van der Waals surface area contributed by atoms with Crippen LogP contribution in [0.25, 0.3) is 0 Å². The topological polar surface area (TPSA) is 49.8 Å². The molecule has 0 atom stereocenters. The maximum atomic E-state index is 13.2. The lowest BCUT2D eigenvalue weighted by atomic mass is 10.3. The minimum atomic E-state index is -0.734. The van der Waals surface area contributed by atoms with Gasteiger partial charge in [0.15, 0.2) is 23.1 Å². The van der Waals surface area contributed by atoms with Gasteiger partial charge >= 0.3 is 6.09 Å². The van der Waals surface area contributed by atoms with Crippen molar-refractivity contribution in [1.82, 2.24) is 4.90 Å². The van der Waals surface area contributed by atoms with Crippen LogP contribution in [0.4, 0.5) is 13.6 Å². The number of nitrogens with zero attached hydrogens (tertiary/aromatic N) is 1. The molecule has 0 aliphatic carbocycles. The van der Waals surface area contributed by atoms with Crippen molar-refractivity contribution in [3.63, 3.8) is 0 Å². The summed E-state index contributed by atoms with van der Waals surface area (Å²) in [6.07, 6.45) is -0.663. The van der Waals surface area contributed by atoms with Crippen molar-refractivity contribution in [3.05, 3.63) is 45.9 Å². The van der Waals surface area contributed by atoms with E-state index in [9.17, 15) is 13.6 Å². The average molecular weight is 428 g/mol. The second-order valence-electron chi connectivity index (χ2n) is 4.75. The molecular formula is C15H13Cl2F2NO3S2. The number of phenols is 1. The number of phenolic OH excluding ortho intramolecular Hbond substituents is 1. The molecule has 1 amide bonds. The van der Waals surface area contributed by atoms with Crippen LogP contribution in [0, 0.1) is 11.6 Å². The Labute approximate surface area is 164 Å². The Morgan fingerprint density at radius 3 is 2.00 bits per heavy atom. The van der Waals surface area contributed by atoms with E-state index in [0.29, 0.717) is 9.79 Å². The van der Waals surface area contributed by atoms with Gasteiger partial charge in [-0.05, 0) is 24.3 Å². The first-order chi connectivity index (χ1) is 11.5. The van der Waals surface area contributed by atoms with Crippen LogP contribution in [0.1, 0.15) is 0 Å². The molecule has 0 saturated heterocycles. The van der Waals surface area contributed by atoms with Crippen molar-refractivity contribution in [1.29, 1.82) is 0 Å². The van der Waals surface area contributed by atoms with E-state index >= 15 is 0 Å². The van der Waals surface area contributed by atoms with E-state index in [-0.39, 0.29) is 15.8 Å². The van der Waals surface area contributed by atoms with Crippen molar-refractivity contribution < 1.29 is 23.4 Å². The number of aromatic hydroxyl groups is 1. The van der Waals surface area contributed by atoms with E-state index in [2.05, 4.69) is 25.3 Å². The lowest BCUT2D eigenvalue weighted by molar-refractivity contribution is 0.169. The number of carbonyl (C=O) groups excluding carboxylic acids is 1. The monoisotopic (exact) mass is 427 g/mol. The van der Waals surface area contributed by atoms with Gasteiger partial charge in [-0.3, -0.25) is 0 Å². The fraction of sp³-hybridized carbons (Fsp3) is 0.133. The van der Waals surface area contributed by atoms with Crippen LogP contribution in [0.2, 0.25) is 10.0 Å². The number of amides is 1. The molecule has 0 spiro atoms. The zero-order chi connectivity index (χ0) is 19.3. The lowest BCUT2D eigenvalue weighted by Gasteiger charge is -2.11. The van der Waals surface area contributed by atoms with Crippen LogP contribution in [0.5, 0.6) is 11.5 Å². The second kappa shape index (κ2) is 9.38. The van der Waals surface area contributed by atoms with Crippen molar-refractivity contribution in [2.24, 2.45) is 0 Å². The molecule has 1 N–H and O–H groups in total. The SMILES string of the molecule is CN(C)C(=O)Oc1cc(S)c(Cl)cc1F.Oc1cc(S)c(Cl)cc1F. The smallest absolute Gasteiger partial charge is 0.414 e. The zero-order valence-electron chi connectivity index (χ0n) is 12.9. The second-order valence-corrected chi connectivity index (χ2v) is 6.53. The minimum Gasteiger partial charge on any atom is -0.505 e. The van der Waals surface area contributed by atoms with E-state index in [1.165, 1.54) is 25.1 Å². The molecule has 2 aromatic rings. The standard InChI is InChI=1S/C9H9ClFNO2S.C6H4ClFOS/c1-12(2)9(13)14-7-4-8(15)5(10)3-6(7)11;7-3-1-4(8)5(9)2-6(3)10/h3-4,15H,1-2H3;1-2,9-10H. The van der Waals surface area contributed by atoms with Gasteiger partial charge in [0.05, 0.1) is 10.0 Å². The van der Waals surface area contributed by atoms with Gasteiger partial charge in [-0.25, -0.2) is 13.6 Å². The molecule has 136 valence electrons. The van der Waals surface area contributed by atoms with Gasteiger partial charge in [-0.1, -0.05) is 23.2 Å². The van der Waals surface area contributed by atoms with Crippen LogP contribution < -0.4 is 4.74 Å². The first kappa shape index (κ1) is 21.7. The molecule has 2 aromatic carbocycles. The Balaban J connectivity index is 0.000000271. The molecule has 0 radical (unpaired) electrons. The molecular weight excluding hydrogens is 415 g/mol. The summed E-state index contributed by atoms with van der Waals surface area (Å²) in [5.74, 6) is -2.06. The highest BCUT2D eigenvalue weighted by molar-refractivity contribution is 7.80. The highest BCUT2D eigenvalue weighted by Gasteiger charge is 2.13. The highest BCUT2D eigenvalue weighted by atomic mass is 35.5. The molecule has 0 fully saturated rings. The maximum Gasteiger partial charge on any atom is 0.414 e. The molecule has 2 rings (SSSR count). The van der Waals surface area contributed by atoms with E-state index in [1.54, 1.807) is 0 Å². The number of halogens is 4. The molecule has 0 bridgehead atoms. The molecule has 0 saturated carbocycles. The summed E-state index contributed by atoms with van der Waals surface area (Å²) in [4.78, 5) is 13.0. The van der Waals surface area contributed by atoms with Gasteiger partial charge in [-0.2, -0.15) is 0 Å². The summed E-state index contributed by atoms with van der Waals surface area (Å²) in [6, 6.07) is 4.46. The molecule has 0 aliphatic rings. The van der Waals surface area contributed by atoms with Crippen LogP contribution in [0.3, 0.4) is 0 Å². The van der Waals surface area contributed by atoms with Crippen molar-refractivity contribution in [2.45, 2.75) is 9.79 Å². The Morgan fingerprint density at radius 2 is 1.52 bits per heavy atom. The van der Waals surface area contributed by atoms with Crippen LogP contribution >= 0.6 is 48.5 Å². The first-order valence-electron chi connectivity index (χ1n) is 6.47. The average Bonchev–Trinajstić information content (AvgIpc) is 2.51. The third kappa shape index (κ3) is 6.47. The largest absolute Gasteiger partial charge is 0.505 e. The molecule has 0 unspecified atom stereocenters. The van der Waals surface area contributed by atoms with Crippen molar-refractivity contribution in [2.75, 3.05) is 14.1 Å². The number of rotatable bonds is 1. The number of hydrogen-bond acceptors (Lipinski definition) is 5. The molecule has 10 heteroatoms. The van der Waals surface area contributed by atoms with Gasteiger partial charge in [-0.15, -0.1) is 25.3 Å². The highest BCUT2D eigenvalue weighted by Crippen LogP contribution is 2.28. The fourth-order valence-corrected chi connectivity index (χ4v) is 1.98. The molecule has 0 aromatic heterocycles. The predicted octanol–water partition coefficient (Wildman–Crippen LogP) is 5.30. The van der Waals surface area contributed by atoms with Crippen LogP contribution in [-0.2, 0) is 0 Å². The van der Waals surface area contributed by atoms with Crippen LogP contribution in [0.15, 0.2) is 34.1 Å². The van der Waals surface area contributed by atoms with E-state index in [4.69, 9.17) is 33.0 Å². The quantitative estimate of drug-likeness (QED) is 0.541. The Kier molecular flexibility index (Phi) is 8.14. The van der Waals surface area contributed by atoms with Gasteiger partial charge < -0.3 is 14.7 Å². The number of benzene rings is 2. The van der Waals surface area contributed by atoms with Crippen molar-refractivity contribution >= 4 is 54.6 Å². The van der Waals surface area contributed by atoms with Gasteiger partial charge in [0.25, 0.3) is 0 Å². The Morgan fingerprint density at radius 1 is 1.04 bits per heavy atom. The first-order valence-corrected chi connectivity index (χ1v) is 8.12. The summed E-state index contributed by atoms with van der Waals surface area (Å²) in [5.41, 5.74) is 0. The molecule has 4 nitrogen and oxygen atoms in total. The predicted molar refractivity (Wildman–Crippen MR) is 98.7 cm³/mol.